The van der Waals surface area contributed by atoms with E-state index >= 15 is 0 Å². The van der Waals surface area contributed by atoms with E-state index in [-0.39, 0.29) is 23.9 Å². The summed E-state index contributed by atoms with van der Waals surface area (Å²) in [5.41, 5.74) is 2.15. The average Bonchev–Trinajstić information content (AvgIpc) is 3.42. The van der Waals surface area contributed by atoms with E-state index in [9.17, 15) is 10.4 Å². The number of hydrogen-bond acceptors (Lipinski definition) is 9. The van der Waals surface area contributed by atoms with Crippen molar-refractivity contribution in [2.24, 2.45) is 0 Å². The lowest BCUT2D eigenvalue weighted by Gasteiger charge is -2.39. The number of anilines is 4. The number of nitrogens with zero attached hydrogens (tertiary/aromatic N) is 8. The van der Waals surface area contributed by atoms with Crippen LogP contribution in [-0.2, 0) is 0 Å². The number of piperazine rings is 1. The smallest absolute Gasteiger partial charge is 0.275 e. The summed E-state index contributed by atoms with van der Waals surface area (Å²) in [6.45, 7) is 12.9. The lowest BCUT2D eigenvalue weighted by atomic mass is 10.1. The molecule has 4 heterocycles. The highest BCUT2D eigenvalue weighted by Gasteiger charge is 2.36. The number of fused-ring (bicyclic) bond motifs is 2. The van der Waals surface area contributed by atoms with Gasteiger partial charge >= 0.3 is 0 Å². The zero-order valence-electron chi connectivity index (χ0n) is 18.5. The fourth-order valence-corrected chi connectivity index (χ4v) is 4.91. The molecule has 3 N–H and O–H groups in total. The van der Waals surface area contributed by atoms with Crippen molar-refractivity contribution in [1.82, 2.24) is 24.5 Å². The van der Waals surface area contributed by atoms with Gasteiger partial charge in [0.25, 0.3) is 17.4 Å². The van der Waals surface area contributed by atoms with Crippen molar-refractivity contribution in [1.29, 1.82) is 5.26 Å². The molecule has 0 spiro atoms. The van der Waals surface area contributed by atoms with Gasteiger partial charge in [0.15, 0.2) is 5.82 Å². The highest BCUT2D eigenvalue weighted by molar-refractivity contribution is 6.36. The molecule has 2 aliphatic rings. The largest absolute Gasteiger partial charge is 0.392 e. The summed E-state index contributed by atoms with van der Waals surface area (Å²) in [6, 6.07) is 5.90. The molecule has 2 aliphatic heterocycles. The highest BCUT2D eigenvalue weighted by atomic mass is 35.5. The van der Waals surface area contributed by atoms with Crippen LogP contribution in [0.5, 0.6) is 0 Å². The molecule has 12 heteroatoms. The fourth-order valence-electron chi connectivity index (χ4n) is 4.64. The molecule has 0 unspecified atom stereocenters. The Morgan fingerprint density at radius 3 is 2.97 bits per heavy atom. The fraction of sp³-hybridized carbons (Fsp3) is 0.409. The Morgan fingerprint density at radius 2 is 2.21 bits per heavy atom. The van der Waals surface area contributed by atoms with Gasteiger partial charge in [-0.3, -0.25) is 4.90 Å². The topological polar surface area (TPSA) is 122 Å². The van der Waals surface area contributed by atoms with E-state index in [1.807, 2.05) is 6.92 Å². The molecule has 34 heavy (non-hydrogen) atoms. The van der Waals surface area contributed by atoms with Crippen molar-refractivity contribution in [3.05, 3.63) is 40.3 Å². The van der Waals surface area contributed by atoms with E-state index < -0.39 is 0 Å². The molecule has 0 bridgehead atoms. The number of aromatic nitrogens is 4. The number of hydrogen-bond donors (Lipinski definition) is 3. The van der Waals surface area contributed by atoms with Gasteiger partial charge in [-0.2, -0.15) is 10.2 Å². The number of halogens is 1. The van der Waals surface area contributed by atoms with Gasteiger partial charge in [0.2, 0.25) is 0 Å². The molecule has 0 saturated carbocycles. The van der Waals surface area contributed by atoms with E-state index in [2.05, 4.69) is 46.4 Å². The second kappa shape index (κ2) is 8.95. The number of benzene rings is 1. The van der Waals surface area contributed by atoms with Crippen LogP contribution in [-0.4, -0.2) is 74.5 Å². The predicted molar refractivity (Wildman–Crippen MR) is 129 cm³/mol. The SMILES string of the molecule is [C-]#[N+]c1cnc2c(NCC)nc(Nc3cc(C#N)cc(N4CCN5C[C@H](O)C[C@H]5C4)c3Cl)nn12. The molecule has 11 nitrogen and oxygen atoms in total. The van der Waals surface area contributed by atoms with Crippen LogP contribution in [0.15, 0.2) is 18.3 Å². The van der Waals surface area contributed by atoms with Crippen LogP contribution >= 0.6 is 11.6 Å². The van der Waals surface area contributed by atoms with Crippen LogP contribution in [0.3, 0.4) is 0 Å². The first-order valence-electron chi connectivity index (χ1n) is 11.1. The molecule has 2 fully saturated rings. The van der Waals surface area contributed by atoms with Crippen LogP contribution in [0.2, 0.25) is 5.02 Å². The molecule has 2 atom stereocenters. The van der Waals surface area contributed by atoms with Gasteiger partial charge in [-0.25, -0.2) is 4.98 Å². The number of rotatable bonds is 5. The number of nitrogens with one attached hydrogen (secondary N) is 2. The van der Waals surface area contributed by atoms with E-state index in [4.69, 9.17) is 18.2 Å². The van der Waals surface area contributed by atoms with Crippen LogP contribution in [0, 0.1) is 17.9 Å². The Labute approximate surface area is 201 Å². The standard InChI is InChI=1S/C22H23ClN10O/c1-3-26-20-21-27-10-18(25-2)33(21)30-22(29-20)28-16-6-13(9-24)7-17(19(16)23)32-5-4-31-12-15(34)8-14(31)11-32/h6-7,10,14-15,34H,3-5,8,11-12H2,1H3,(H2,26,28,29,30)/t14-,15+/m0/s1. The molecular formula is C22H23ClN10O. The van der Waals surface area contributed by atoms with Gasteiger partial charge in [0, 0.05) is 38.8 Å². The monoisotopic (exact) mass is 478 g/mol. The molecule has 1 aromatic carbocycles. The summed E-state index contributed by atoms with van der Waals surface area (Å²) in [5.74, 6) is 0.963. The van der Waals surface area contributed by atoms with Crippen molar-refractivity contribution in [3.63, 3.8) is 0 Å². The van der Waals surface area contributed by atoms with Gasteiger partial charge in [0.1, 0.15) is 0 Å². The first-order chi connectivity index (χ1) is 16.5. The number of aliphatic hydroxyl groups excluding tert-OH is 1. The minimum atomic E-state index is -0.301. The van der Waals surface area contributed by atoms with Crippen molar-refractivity contribution in [2.75, 3.05) is 48.3 Å². The molecule has 0 aliphatic carbocycles. The maximum absolute atomic E-state index is 10.0. The highest BCUT2D eigenvalue weighted by Crippen LogP contribution is 2.38. The Bertz CT molecular complexity index is 1330. The Hall–Kier alpha value is -3.64. The van der Waals surface area contributed by atoms with Gasteiger partial charge < -0.3 is 25.5 Å². The zero-order chi connectivity index (χ0) is 23.8. The van der Waals surface area contributed by atoms with E-state index in [1.54, 1.807) is 12.1 Å². The Kier molecular flexibility index (Phi) is 5.84. The predicted octanol–water partition coefficient (Wildman–Crippen LogP) is 2.63. The second-order valence-electron chi connectivity index (χ2n) is 8.36. The molecule has 0 amide bonds. The molecule has 2 saturated heterocycles. The third kappa shape index (κ3) is 3.94. The molecule has 5 rings (SSSR count). The van der Waals surface area contributed by atoms with Crippen molar-refractivity contribution in [2.45, 2.75) is 25.5 Å². The number of imidazole rings is 1. The van der Waals surface area contributed by atoms with Gasteiger partial charge in [-0.1, -0.05) is 23.3 Å². The lowest BCUT2D eigenvalue weighted by molar-refractivity contribution is 0.173. The summed E-state index contributed by atoms with van der Waals surface area (Å²) in [7, 11) is 0. The third-order valence-electron chi connectivity index (χ3n) is 6.17. The quantitative estimate of drug-likeness (QED) is 0.475. The molecule has 2 aromatic heterocycles. The van der Waals surface area contributed by atoms with Crippen molar-refractivity contribution < 1.29 is 5.11 Å². The van der Waals surface area contributed by atoms with Gasteiger partial charge in [-0.05, 0) is 25.5 Å². The van der Waals surface area contributed by atoms with Gasteiger partial charge in [-0.15, -0.1) is 4.52 Å². The van der Waals surface area contributed by atoms with Gasteiger partial charge in [0.05, 0.1) is 40.3 Å². The summed E-state index contributed by atoms with van der Waals surface area (Å²) >= 11 is 6.83. The molecule has 3 aromatic rings. The number of nitriles is 1. The second-order valence-corrected chi connectivity index (χ2v) is 8.73. The van der Waals surface area contributed by atoms with Crippen molar-refractivity contribution >= 4 is 46.2 Å². The minimum absolute atomic E-state index is 0.220. The first-order valence-corrected chi connectivity index (χ1v) is 11.4. The first kappa shape index (κ1) is 22.2. The number of aliphatic hydroxyl groups is 1. The molecular weight excluding hydrogens is 456 g/mol. The van der Waals surface area contributed by atoms with Crippen LogP contribution in [0.4, 0.5) is 29.0 Å². The Balaban J connectivity index is 1.51. The minimum Gasteiger partial charge on any atom is -0.392 e. The van der Waals surface area contributed by atoms with Crippen LogP contribution in [0.25, 0.3) is 10.5 Å². The zero-order valence-corrected chi connectivity index (χ0v) is 19.3. The average molecular weight is 479 g/mol. The summed E-state index contributed by atoms with van der Waals surface area (Å²) in [6.07, 6.45) is 1.87. The van der Waals surface area contributed by atoms with Crippen LogP contribution < -0.4 is 15.5 Å². The summed E-state index contributed by atoms with van der Waals surface area (Å²) in [5, 5.41) is 30.9. The molecule has 174 valence electrons. The maximum atomic E-state index is 10.0. The summed E-state index contributed by atoms with van der Waals surface area (Å²) in [4.78, 5) is 16.7. The van der Waals surface area contributed by atoms with E-state index in [0.29, 0.717) is 40.8 Å². The Morgan fingerprint density at radius 1 is 1.35 bits per heavy atom. The van der Waals surface area contributed by atoms with E-state index in [1.165, 1.54) is 10.7 Å². The van der Waals surface area contributed by atoms with E-state index in [0.717, 1.165) is 31.7 Å². The van der Waals surface area contributed by atoms with Crippen molar-refractivity contribution in [3.8, 4) is 6.07 Å². The lowest BCUT2D eigenvalue weighted by Crippen LogP contribution is -2.50. The third-order valence-corrected chi connectivity index (χ3v) is 6.56. The maximum Gasteiger partial charge on any atom is 0.275 e. The normalized spacial score (nSPS) is 20.1. The summed E-state index contributed by atoms with van der Waals surface area (Å²) < 4.78 is 1.42. The molecule has 0 radical (unpaired) electrons. The van der Waals surface area contributed by atoms with Crippen LogP contribution in [0.1, 0.15) is 18.9 Å².